The molecule has 2 aliphatic rings. The molecule has 1 aliphatic heterocycles. The molecule has 0 radical (unpaired) electrons. The van der Waals surface area contributed by atoms with Gasteiger partial charge >= 0.3 is 5.97 Å². The molecule has 114 valence electrons. The lowest BCUT2D eigenvalue weighted by molar-refractivity contribution is -0.142. The number of carboxylic acid groups (broad SMARTS) is 1. The van der Waals surface area contributed by atoms with E-state index in [1.54, 1.807) is 11.0 Å². The molecule has 2 fully saturated rings. The van der Waals surface area contributed by atoms with Crippen molar-refractivity contribution in [3.05, 3.63) is 23.7 Å². The summed E-state index contributed by atoms with van der Waals surface area (Å²) in [6, 6.07) is 1.69. The molecule has 3 rings (SSSR count). The van der Waals surface area contributed by atoms with E-state index in [1.165, 1.54) is 6.26 Å². The van der Waals surface area contributed by atoms with Crippen molar-refractivity contribution in [1.82, 2.24) is 4.90 Å². The minimum absolute atomic E-state index is 0.0955. The Morgan fingerprint density at radius 3 is 2.62 bits per heavy atom. The van der Waals surface area contributed by atoms with Gasteiger partial charge in [0.2, 0.25) is 0 Å². The van der Waals surface area contributed by atoms with Crippen LogP contribution in [0.1, 0.15) is 48.7 Å². The summed E-state index contributed by atoms with van der Waals surface area (Å²) in [5, 5.41) is 9.38. The summed E-state index contributed by atoms with van der Waals surface area (Å²) >= 11 is 0. The van der Waals surface area contributed by atoms with E-state index in [1.807, 2.05) is 13.8 Å². The van der Waals surface area contributed by atoms with Gasteiger partial charge in [-0.25, -0.2) is 0 Å². The average molecular weight is 291 g/mol. The van der Waals surface area contributed by atoms with E-state index in [0.29, 0.717) is 30.3 Å². The van der Waals surface area contributed by atoms with Crippen LogP contribution < -0.4 is 0 Å². The molecule has 1 amide bonds. The number of aliphatic carboxylic acids is 1. The van der Waals surface area contributed by atoms with Crippen molar-refractivity contribution in [2.24, 2.45) is 17.8 Å². The molecule has 1 aromatic rings. The van der Waals surface area contributed by atoms with Crippen LogP contribution >= 0.6 is 0 Å². The Bertz CT molecular complexity index is 558. The summed E-state index contributed by atoms with van der Waals surface area (Å²) < 4.78 is 5.40. The molecule has 1 saturated heterocycles. The standard InChI is InChI=1S/C16H21NO4/c1-9(2)14-11(5-6-21-14)15(18)17-7-12(10-3-4-10)13(8-17)16(19)20/h5-6,9-10,12-13H,3-4,7-8H2,1-2H3,(H,19,20)/t12-,13+/m1/s1. The normalized spacial score (nSPS) is 25.6. The summed E-state index contributed by atoms with van der Waals surface area (Å²) in [4.78, 5) is 25.8. The van der Waals surface area contributed by atoms with Gasteiger partial charge in [-0.15, -0.1) is 0 Å². The van der Waals surface area contributed by atoms with Gasteiger partial charge in [-0.3, -0.25) is 9.59 Å². The van der Waals surface area contributed by atoms with Crippen LogP contribution in [0.25, 0.3) is 0 Å². The molecule has 1 aromatic heterocycles. The van der Waals surface area contributed by atoms with Crippen molar-refractivity contribution in [3.8, 4) is 0 Å². The van der Waals surface area contributed by atoms with Gasteiger partial charge in [0.25, 0.3) is 5.91 Å². The maximum atomic E-state index is 12.7. The Balaban J connectivity index is 1.79. The summed E-state index contributed by atoms with van der Waals surface area (Å²) in [6.45, 7) is 4.83. The topological polar surface area (TPSA) is 70.8 Å². The number of likely N-dealkylation sites (tertiary alicyclic amines) is 1. The van der Waals surface area contributed by atoms with Gasteiger partial charge in [0, 0.05) is 19.0 Å². The third-order valence-corrected chi connectivity index (χ3v) is 4.65. The van der Waals surface area contributed by atoms with Crippen LogP contribution in [0.15, 0.2) is 16.7 Å². The third-order valence-electron chi connectivity index (χ3n) is 4.65. The zero-order chi connectivity index (χ0) is 15.1. The van der Waals surface area contributed by atoms with Crippen molar-refractivity contribution in [2.75, 3.05) is 13.1 Å². The molecule has 1 N–H and O–H groups in total. The Kier molecular flexibility index (Phi) is 3.51. The second kappa shape index (κ2) is 5.20. The number of hydrogen-bond donors (Lipinski definition) is 1. The van der Waals surface area contributed by atoms with Crippen LogP contribution in [0, 0.1) is 17.8 Å². The minimum Gasteiger partial charge on any atom is -0.481 e. The van der Waals surface area contributed by atoms with Crippen molar-refractivity contribution in [1.29, 1.82) is 0 Å². The van der Waals surface area contributed by atoms with Crippen LogP contribution in [-0.4, -0.2) is 35.0 Å². The number of amides is 1. The number of carbonyl (C=O) groups excluding carboxylic acids is 1. The van der Waals surface area contributed by atoms with Crippen molar-refractivity contribution >= 4 is 11.9 Å². The smallest absolute Gasteiger partial charge is 0.308 e. The van der Waals surface area contributed by atoms with E-state index in [2.05, 4.69) is 0 Å². The molecule has 5 heteroatoms. The van der Waals surface area contributed by atoms with Crippen molar-refractivity contribution in [3.63, 3.8) is 0 Å². The van der Waals surface area contributed by atoms with E-state index in [0.717, 1.165) is 12.8 Å². The SMILES string of the molecule is CC(C)c1occc1C(=O)N1C[C@H](C(=O)O)[C@@H](C2CC2)C1. The Hall–Kier alpha value is -1.78. The summed E-state index contributed by atoms with van der Waals surface area (Å²) in [5.41, 5.74) is 0.575. The fourth-order valence-electron chi connectivity index (χ4n) is 3.37. The Morgan fingerprint density at radius 2 is 2.05 bits per heavy atom. The lowest BCUT2D eigenvalue weighted by Crippen LogP contribution is -2.30. The first-order valence-corrected chi connectivity index (χ1v) is 7.58. The fraction of sp³-hybridized carbons (Fsp3) is 0.625. The van der Waals surface area contributed by atoms with E-state index in [9.17, 15) is 14.7 Å². The van der Waals surface area contributed by atoms with Gasteiger partial charge < -0.3 is 14.4 Å². The Labute approximate surface area is 123 Å². The molecule has 0 unspecified atom stereocenters. The number of rotatable bonds is 4. The molecule has 2 atom stereocenters. The van der Waals surface area contributed by atoms with Gasteiger partial charge in [0.15, 0.2) is 0 Å². The molecule has 21 heavy (non-hydrogen) atoms. The highest BCUT2D eigenvalue weighted by Crippen LogP contribution is 2.44. The lowest BCUT2D eigenvalue weighted by Gasteiger charge is -2.16. The van der Waals surface area contributed by atoms with Crippen molar-refractivity contribution < 1.29 is 19.1 Å². The van der Waals surface area contributed by atoms with Crippen LogP contribution in [0.2, 0.25) is 0 Å². The number of carboxylic acids is 1. The van der Waals surface area contributed by atoms with E-state index in [-0.39, 0.29) is 17.7 Å². The zero-order valence-corrected chi connectivity index (χ0v) is 12.4. The number of hydrogen-bond acceptors (Lipinski definition) is 3. The predicted molar refractivity (Wildman–Crippen MR) is 76.0 cm³/mol. The maximum absolute atomic E-state index is 12.7. The van der Waals surface area contributed by atoms with Gasteiger partial charge in [0.1, 0.15) is 5.76 Å². The summed E-state index contributed by atoms with van der Waals surface area (Å²) in [6.07, 6.45) is 3.73. The molecule has 0 bridgehead atoms. The van der Waals surface area contributed by atoms with E-state index >= 15 is 0 Å². The second-order valence-corrected chi connectivity index (χ2v) is 6.51. The van der Waals surface area contributed by atoms with Gasteiger partial charge in [-0.1, -0.05) is 13.8 Å². The van der Waals surface area contributed by atoms with Gasteiger partial charge in [-0.05, 0) is 30.7 Å². The monoisotopic (exact) mass is 291 g/mol. The molecule has 1 saturated carbocycles. The number of furan rings is 1. The first-order chi connectivity index (χ1) is 9.99. The van der Waals surface area contributed by atoms with Crippen LogP contribution in [0.5, 0.6) is 0 Å². The van der Waals surface area contributed by atoms with Crippen LogP contribution in [0.3, 0.4) is 0 Å². The molecular formula is C16H21NO4. The fourth-order valence-corrected chi connectivity index (χ4v) is 3.37. The molecular weight excluding hydrogens is 270 g/mol. The third kappa shape index (κ3) is 2.57. The molecule has 5 nitrogen and oxygen atoms in total. The van der Waals surface area contributed by atoms with E-state index < -0.39 is 11.9 Å². The molecule has 2 heterocycles. The second-order valence-electron chi connectivity index (χ2n) is 6.51. The van der Waals surface area contributed by atoms with Crippen LogP contribution in [-0.2, 0) is 4.79 Å². The number of carbonyl (C=O) groups is 2. The quantitative estimate of drug-likeness (QED) is 0.925. The Morgan fingerprint density at radius 1 is 1.33 bits per heavy atom. The molecule has 0 aromatic carbocycles. The summed E-state index contributed by atoms with van der Waals surface area (Å²) in [5.74, 6) is 0.118. The molecule has 0 spiro atoms. The average Bonchev–Trinajstić information content (AvgIpc) is 3.01. The summed E-state index contributed by atoms with van der Waals surface area (Å²) in [7, 11) is 0. The highest BCUT2D eigenvalue weighted by Gasteiger charge is 2.47. The predicted octanol–water partition coefficient (Wildman–Crippen LogP) is 2.59. The first-order valence-electron chi connectivity index (χ1n) is 7.58. The first kappa shape index (κ1) is 14.2. The van der Waals surface area contributed by atoms with Gasteiger partial charge in [0.05, 0.1) is 17.7 Å². The van der Waals surface area contributed by atoms with Gasteiger partial charge in [-0.2, -0.15) is 0 Å². The highest BCUT2D eigenvalue weighted by atomic mass is 16.4. The highest BCUT2D eigenvalue weighted by molar-refractivity contribution is 5.96. The minimum atomic E-state index is -0.779. The molecule has 1 aliphatic carbocycles. The largest absolute Gasteiger partial charge is 0.481 e. The lowest BCUT2D eigenvalue weighted by atomic mass is 9.92. The van der Waals surface area contributed by atoms with Crippen LogP contribution in [0.4, 0.5) is 0 Å². The number of nitrogens with zero attached hydrogens (tertiary/aromatic N) is 1. The zero-order valence-electron chi connectivity index (χ0n) is 12.4. The van der Waals surface area contributed by atoms with Crippen molar-refractivity contribution in [2.45, 2.75) is 32.6 Å². The maximum Gasteiger partial charge on any atom is 0.308 e. The van der Waals surface area contributed by atoms with E-state index in [4.69, 9.17) is 4.42 Å².